The smallest absolute Gasteiger partial charge is 0.259 e. The zero-order valence-corrected chi connectivity index (χ0v) is 18.3. The van der Waals surface area contributed by atoms with Crippen molar-refractivity contribution in [2.75, 3.05) is 6.54 Å². The summed E-state index contributed by atoms with van der Waals surface area (Å²) in [4.78, 5) is 24.8. The average molecular weight is 519 g/mol. The summed E-state index contributed by atoms with van der Waals surface area (Å²) in [6.07, 6.45) is 1.37. The van der Waals surface area contributed by atoms with Crippen LogP contribution in [0.1, 0.15) is 22.8 Å². The van der Waals surface area contributed by atoms with E-state index in [9.17, 15) is 9.59 Å². The van der Waals surface area contributed by atoms with Crippen molar-refractivity contribution in [3.8, 4) is 0 Å². The van der Waals surface area contributed by atoms with Crippen LogP contribution in [-0.4, -0.2) is 24.6 Å². The number of rotatable bonds is 7. The lowest BCUT2D eigenvalue weighted by molar-refractivity contribution is -0.126. The highest BCUT2D eigenvalue weighted by molar-refractivity contribution is 9.13. The van der Waals surface area contributed by atoms with Crippen LogP contribution in [0.3, 0.4) is 0 Å². The molecule has 0 saturated carbocycles. The number of nitrogens with zero attached hydrogens (tertiary/aromatic N) is 1. The fourth-order valence-electron chi connectivity index (χ4n) is 2.69. The molecule has 148 valence electrons. The van der Waals surface area contributed by atoms with E-state index in [1.165, 1.54) is 6.21 Å². The topological polar surface area (TPSA) is 83.7 Å². The van der Waals surface area contributed by atoms with E-state index in [4.69, 9.17) is 4.42 Å². The minimum absolute atomic E-state index is 0.197. The molecule has 3 rings (SSSR count). The van der Waals surface area contributed by atoms with E-state index in [1.807, 2.05) is 60.7 Å². The van der Waals surface area contributed by atoms with Crippen molar-refractivity contribution in [1.29, 1.82) is 0 Å². The molecule has 2 aromatic carbocycles. The average Bonchev–Trinajstić information content (AvgIpc) is 3.05. The molecule has 1 heterocycles. The van der Waals surface area contributed by atoms with Gasteiger partial charge >= 0.3 is 0 Å². The first-order valence-electron chi connectivity index (χ1n) is 8.69. The van der Waals surface area contributed by atoms with Crippen molar-refractivity contribution in [3.05, 3.63) is 92.8 Å². The van der Waals surface area contributed by atoms with Crippen molar-refractivity contribution in [2.45, 2.75) is 5.92 Å². The highest BCUT2D eigenvalue weighted by atomic mass is 79.9. The Morgan fingerprint density at radius 2 is 1.59 bits per heavy atom. The number of amides is 2. The molecule has 2 N–H and O–H groups in total. The predicted molar refractivity (Wildman–Crippen MR) is 118 cm³/mol. The van der Waals surface area contributed by atoms with Crippen LogP contribution < -0.4 is 10.7 Å². The highest BCUT2D eigenvalue weighted by Crippen LogP contribution is 2.26. The van der Waals surface area contributed by atoms with Gasteiger partial charge in [-0.05, 0) is 43.0 Å². The van der Waals surface area contributed by atoms with Gasteiger partial charge in [0, 0.05) is 6.07 Å². The first-order valence-corrected chi connectivity index (χ1v) is 10.3. The second kappa shape index (κ2) is 10.2. The molecule has 6 nitrogen and oxygen atoms in total. The van der Waals surface area contributed by atoms with Crippen molar-refractivity contribution >= 4 is 49.9 Å². The largest absolute Gasteiger partial charge is 0.447 e. The molecular weight excluding hydrogens is 502 g/mol. The van der Waals surface area contributed by atoms with Gasteiger partial charge in [-0.3, -0.25) is 9.59 Å². The Hall–Kier alpha value is -2.71. The molecule has 0 aliphatic rings. The molecule has 0 atom stereocenters. The summed E-state index contributed by atoms with van der Waals surface area (Å²) >= 11 is 6.51. The fourth-order valence-corrected chi connectivity index (χ4v) is 3.30. The second-order valence-corrected chi connectivity index (χ2v) is 7.61. The maximum Gasteiger partial charge on any atom is 0.259 e. The fraction of sp³-hybridized carbons (Fsp3) is 0.0952. The van der Waals surface area contributed by atoms with Crippen LogP contribution in [0.15, 0.2) is 85.4 Å². The lowest BCUT2D eigenvalue weighted by atomic mass is 9.90. The summed E-state index contributed by atoms with van der Waals surface area (Å²) in [6.45, 7) is -0.197. The van der Waals surface area contributed by atoms with Crippen LogP contribution in [0.5, 0.6) is 0 Å². The first-order chi connectivity index (χ1) is 14.0. The molecule has 0 aliphatic carbocycles. The Morgan fingerprint density at radius 1 is 1.00 bits per heavy atom. The molecule has 8 heteroatoms. The third kappa shape index (κ3) is 5.88. The van der Waals surface area contributed by atoms with Crippen molar-refractivity contribution in [2.24, 2.45) is 5.10 Å². The van der Waals surface area contributed by atoms with Crippen molar-refractivity contribution < 1.29 is 14.0 Å². The third-order valence-corrected chi connectivity index (χ3v) is 5.71. The van der Waals surface area contributed by atoms with Gasteiger partial charge in [0.25, 0.3) is 5.91 Å². The molecule has 0 unspecified atom stereocenters. The molecule has 2 amide bonds. The minimum atomic E-state index is -0.508. The van der Waals surface area contributed by atoms with E-state index in [2.05, 4.69) is 47.7 Å². The third-order valence-electron chi connectivity index (χ3n) is 4.00. The number of carbonyl (C=O) groups excluding carboxylic acids is 2. The standard InChI is InChI=1S/C21H17Br2N3O3/c22-17-11-16(29-20(17)23)12-25-26-18(27)13-24-21(28)19(14-7-3-1-4-8-14)15-9-5-2-6-10-15/h1-12,19H,13H2,(H,24,28)(H,26,27)/b25-12-. The number of hydrogen-bond donors (Lipinski definition) is 2. The van der Waals surface area contributed by atoms with Gasteiger partial charge < -0.3 is 9.73 Å². The summed E-state index contributed by atoms with van der Waals surface area (Å²) in [5.41, 5.74) is 4.06. The van der Waals surface area contributed by atoms with Gasteiger partial charge in [0.15, 0.2) is 4.67 Å². The van der Waals surface area contributed by atoms with Gasteiger partial charge in [-0.1, -0.05) is 60.7 Å². The number of hydrogen-bond acceptors (Lipinski definition) is 4. The van der Waals surface area contributed by atoms with E-state index in [-0.39, 0.29) is 12.5 Å². The number of halogens is 2. The predicted octanol–water partition coefficient (Wildman–Crippen LogP) is 4.20. The van der Waals surface area contributed by atoms with E-state index in [0.29, 0.717) is 10.4 Å². The van der Waals surface area contributed by atoms with Gasteiger partial charge in [-0.25, -0.2) is 5.43 Å². The summed E-state index contributed by atoms with van der Waals surface area (Å²) in [7, 11) is 0. The monoisotopic (exact) mass is 517 g/mol. The SMILES string of the molecule is O=C(CNC(=O)C(c1ccccc1)c1ccccc1)N/N=C\c1cc(Br)c(Br)o1. The maximum absolute atomic E-state index is 12.8. The number of benzene rings is 2. The summed E-state index contributed by atoms with van der Waals surface area (Å²) in [5.74, 6) is -0.757. The quantitative estimate of drug-likeness (QED) is 0.363. The number of nitrogens with one attached hydrogen (secondary N) is 2. The Balaban J connectivity index is 1.60. The van der Waals surface area contributed by atoms with Crippen molar-refractivity contribution in [1.82, 2.24) is 10.7 Å². The molecule has 0 fully saturated rings. The lowest BCUT2D eigenvalue weighted by Gasteiger charge is -2.17. The molecule has 3 aromatic rings. The zero-order chi connectivity index (χ0) is 20.6. The van der Waals surface area contributed by atoms with Crippen molar-refractivity contribution in [3.63, 3.8) is 0 Å². The zero-order valence-electron chi connectivity index (χ0n) is 15.1. The van der Waals surface area contributed by atoms with Crippen LogP contribution in [0.25, 0.3) is 0 Å². The molecule has 0 spiro atoms. The number of hydrazone groups is 1. The van der Waals surface area contributed by atoms with E-state index in [1.54, 1.807) is 6.07 Å². The summed E-state index contributed by atoms with van der Waals surface area (Å²) in [5, 5.41) is 6.50. The van der Waals surface area contributed by atoms with Crippen LogP contribution in [0.4, 0.5) is 0 Å². The van der Waals surface area contributed by atoms with Gasteiger partial charge in [-0.2, -0.15) is 5.10 Å². The van der Waals surface area contributed by atoms with Crippen LogP contribution in [0, 0.1) is 0 Å². The van der Waals surface area contributed by atoms with Gasteiger partial charge in [0.1, 0.15) is 5.76 Å². The normalized spacial score (nSPS) is 11.0. The molecular formula is C21H17Br2N3O3. The molecule has 0 aliphatic heterocycles. The Morgan fingerprint density at radius 3 is 2.10 bits per heavy atom. The van der Waals surface area contributed by atoms with Gasteiger partial charge in [0.05, 0.1) is 23.1 Å². The molecule has 0 bridgehead atoms. The van der Waals surface area contributed by atoms with Gasteiger partial charge in [-0.15, -0.1) is 0 Å². The van der Waals surface area contributed by atoms with E-state index >= 15 is 0 Å². The molecule has 1 aromatic heterocycles. The number of furan rings is 1. The van der Waals surface area contributed by atoms with Gasteiger partial charge in [0.2, 0.25) is 5.91 Å². The van der Waals surface area contributed by atoms with E-state index < -0.39 is 11.8 Å². The lowest BCUT2D eigenvalue weighted by Crippen LogP contribution is -2.37. The molecule has 0 radical (unpaired) electrons. The van der Waals surface area contributed by atoms with Crippen LogP contribution in [-0.2, 0) is 9.59 Å². The summed E-state index contributed by atoms with van der Waals surface area (Å²) < 4.78 is 6.60. The first kappa shape index (κ1) is 21.0. The number of carbonyl (C=O) groups is 2. The Bertz CT molecular complexity index is 946. The summed E-state index contributed by atoms with van der Waals surface area (Å²) in [6, 6.07) is 20.6. The minimum Gasteiger partial charge on any atom is -0.447 e. The van der Waals surface area contributed by atoms with Crippen LogP contribution in [0.2, 0.25) is 0 Å². The van der Waals surface area contributed by atoms with E-state index in [0.717, 1.165) is 15.6 Å². The second-order valence-electron chi connectivity index (χ2n) is 6.04. The molecule has 0 saturated heterocycles. The van der Waals surface area contributed by atoms with Crippen LogP contribution >= 0.6 is 31.9 Å². The Kier molecular flexibility index (Phi) is 7.37. The highest BCUT2D eigenvalue weighted by Gasteiger charge is 2.22. The Labute approximate surface area is 184 Å². The maximum atomic E-state index is 12.8. The molecule has 29 heavy (non-hydrogen) atoms.